The van der Waals surface area contributed by atoms with Gasteiger partial charge in [-0.25, -0.2) is 4.98 Å². The van der Waals surface area contributed by atoms with Crippen LogP contribution in [-0.4, -0.2) is 45.7 Å². The van der Waals surface area contributed by atoms with Crippen LogP contribution in [0, 0.1) is 0 Å². The van der Waals surface area contributed by atoms with Crippen molar-refractivity contribution in [2.24, 2.45) is 0 Å². The first-order chi connectivity index (χ1) is 10.5. The van der Waals surface area contributed by atoms with Gasteiger partial charge in [-0.1, -0.05) is 13.8 Å². The van der Waals surface area contributed by atoms with E-state index in [2.05, 4.69) is 18.8 Å². The molecule has 1 atom stereocenters. The maximum atomic E-state index is 12.8. The van der Waals surface area contributed by atoms with Crippen LogP contribution in [0.4, 0.5) is 0 Å². The van der Waals surface area contributed by atoms with Crippen LogP contribution in [0.1, 0.15) is 64.2 Å². The number of hydrogen-bond acceptors (Lipinski definition) is 3. The first-order valence-electron chi connectivity index (χ1n) is 8.48. The van der Waals surface area contributed by atoms with Gasteiger partial charge in [0.05, 0.1) is 5.60 Å². The summed E-state index contributed by atoms with van der Waals surface area (Å²) in [4.78, 5) is 19.2. The molecule has 0 saturated carbocycles. The van der Waals surface area contributed by atoms with Crippen LogP contribution in [0.3, 0.4) is 0 Å². The zero-order valence-electron chi connectivity index (χ0n) is 13.9. The molecule has 5 nitrogen and oxygen atoms in total. The highest BCUT2D eigenvalue weighted by Crippen LogP contribution is 2.36. The topological polar surface area (TPSA) is 47.4 Å². The van der Waals surface area contributed by atoms with Gasteiger partial charge < -0.3 is 14.2 Å². The molecule has 2 fully saturated rings. The second-order valence-corrected chi connectivity index (χ2v) is 6.98. The van der Waals surface area contributed by atoms with E-state index in [4.69, 9.17) is 4.74 Å². The van der Waals surface area contributed by atoms with Gasteiger partial charge in [-0.2, -0.15) is 0 Å². The largest absolute Gasteiger partial charge is 0.375 e. The summed E-state index contributed by atoms with van der Waals surface area (Å²) in [6.07, 6.45) is 7.99. The summed E-state index contributed by atoms with van der Waals surface area (Å²) in [5.41, 5.74) is 0.0676. The molecule has 1 aromatic rings. The second kappa shape index (κ2) is 6.03. The molecule has 2 aliphatic rings. The Morgan fingerprint density at radius 2 is 2.00 bits per heavy atom. The molecule has 0 bridgehead atoms. The Hall–Kier alpha value is -1.36. The molecule has 1 unspecified atom stereocenters. The van der Waals surface area contributed by atoms with Crippen molar-refractivity contribution >= 4 is 5.91 Å². The van der Waals surface area contributed by atoms with Gasteiger partial charge in [-0.05, 0) is 32.6 Å². The number of nitrogens with zero attached hydrogens (tertiary/aromatic N) is 3. The molecular formula is C17H27N3O2. The molecule has 0 radical (unpaired) electrons. The third-order valence-corrected chi connectivity index (χ3v) is 5.16. The average Bonchev–Trinajstić information content (AvgIpc) is 3.16. The van der Waals surface area contributed by atoms with E-state index in [9.17, 15) is 4.79 Å². The fraction of sp³-hybridized carbons (Fsp3) is 0.765. The van der Waals surface area contributed by atoms with Gasteiger partial charge in [0.1, 0.15) is 11.9 Å². The van der Waals surface area contributed by atoms with Gasteiger partial charge in [-0.15, -0.1) is 0 Å². The van der Waals surface area contributed by atoms with Crippen molar-refractivity contribution in [1.82, 2.24) is 14.5 Å². The van der Waals surface area contributed by atoms with E-state index in [0.29, 0.717) is 5.92 Å². The van der Waals surface area contributed by atoms with Gasteiger partial charge >= 0.3 is 0 Å². The van der Waals surface area contributed by atoms with E-state index in [1.807, 2.05) is 22.6 Å². The molecule has 5 heteroatoms. The third-order valence-electron chi connectivity index (χ3n) is 5.16. The monoisotopic (exact) mass is 305 g/mol. The fourth-order valence-corrected chi connectivity index (χ4v) is 3.77. The van der Waals surface area contributed by atoms with Gasteiger partial charge in [0.2, 0.25) is 5.91 Å². The maximum absolute atomic E-state index is 12.8. The molecule has 0 aromatic carbocycles. The molecule has 2 aliphatic heterocycles. The highest BCUT2D eigenvalue weighted by Gasteiger charge is 2.40. The van der Waals surface area contributed by atoms with E-state index < -0.39 is 0 Å². The Balaban J connectivity index is 1.65. The van der Waals surface area contributed by atoms with Crippen LogP contribution in [0.2, 0.25) is 0 Å². The SMILES string of the molecule is CC(C)c1nccn1C(C)C(=O)N1CCC2(CCCO2)CC1. The lowest BCUT2D eigenvalue weighted by Gasteiger charge is -2.39. The van der Waals surface area contributed by atoms with Crippen molar-refractivity contribution in [3.63, 3.8) is 0 Å². The molecule has 22 heavy (non-hydrogen) atoms. The lowest BCUT2D eigenvalue weighted by molar-refractivity contribution is -0.139. The zero-order valence-corrected chi connectivity index (χ0v) is 13.9. The highest BCUT2D eigenvalue weighted by atomic mass is 16.5. The molecule has 122 valence electrons. The molecule has 1 spiro atoms. The number of piperidine rings is 1. The number of carbonyl (C=O) groups excluding carboxylic acids is 1. The van der Waals surface area contributed by atoms with Crippen LogP contribution in [0.25, 0.3) is 0 Å². The number of rotatable bonds is 3. The van der Waals surface area contributed by atoms with Crippen molar-refractivity contribution < 1.29 is 9.53 Å². The summed E-state index contributed by atoms with van der Waals surface area (Å²) in [5.74, 6) is 1.50. The van der Waals surface area contributed by atoms with E-state index in [0.717, 1.165) is 51.2 Å². The Labute approximate surface area is 132 Å². The van der Waals surface area contributed by atoms with E-state index in [-0.39, 0.29) is 17.6 Å². The lowest BCUT2D eigenvalue weighted by Crippen LogP contribution is -2.48. The summed E-state index contributed by atoms with van der Waals surface area (Å²) >= 11 is 0. The molecule has 1 amide bonds. The standard InChI is InChI=1S/C17H27N3O2/c1-13(2)15-18-8-11-20(15)14(3)16(21)19-9-6-17(7-10-19)5-4-12-22-17/h8,11,13-14H,4-7,9-10,12H2,1-3H3. The molecule has 0 N–H and O–H groups in total. The van der Waals surface area contributed by atoms with Crippen molar-refractivity contribution in [3.05, 3.63) is 18.2 Å². The third kappa shape index (κ3) is 2.78. The average molecular weight is 305 g/mol. The maximum Gasteiger partial charge on any atom is 0.245 e. The number of hydrogen-bond donors (Lipinski definition) is 0. The van der Waals surface area contributed by atoms with Crippen LogP contribution >= 0.6 is 0 Å². The summed E-state index contributed by atoms with van der Waals surface area (Å²) in [5, 5.41) is 0. The molecule has 3 heterocycles. The van der Waals surface area contributed by atoms with Crippen LogP contribution in [-0.2, 0) is 9.53 Å². The van der Waals surface area contributed by atoms with Crippen LogP contribution in [0.5, 0.6) is 0 Å². The van der Waals surface area contributed by atoms with Gasteiger partial charge in [0, 0.05) is 38.0 Å². The van der Waals surface area contributed by atoms with Crippen molar-refractivity contribution in [2.75, 3.05) is 19.7 Å². The van der Waals surface area contributed by atoms with E-state index in [1.54, 1.807) is 6.20 Å². The molecule has 0 aliphatic carbocycles. The Bertz CT molecular complexity index is 522. The number of likely N-dealkylation sites (tertiary alicyclic amines) is 1. The normalized spacial score (nSPS) is 22.5. The quantitative estimate of drug-likeness (QED) is 0.862. The molecular weight excluding hydrogens is 278 g/mol. The van der Waals surface area contributed by atoms with Crippen LogP contribution in [0.15, 0.2) is 12.4 Å². The fourth-order valence-electron chi connectivity index (χ4n) is 3.77. The van der Waals surface area contributed by atoms with Gasteiger partial charge in [0.25, 0.3) is 0 Å². The lowest BCUT2D eigenvalue weighted by atomic mass is 9.88. The number of aromatic nitrogens is 2. The second-order valence-electron chi connectivity index (χ2n) is 6.98. The van der Waals surface area contributed by atoms with Gasteiger partial charge in [0.15, 0.2) is 0 Å². The first-order valence-corrected chi connectivity index (χ1v) is 8.48. The highest BCUT2D eigenvalue weighted by molar-refractivity contribution is 5.80. The van der Waals surface area contributed by atoms with Gasteiger partial charge in [-0.3, -0.25) is 4.79 Å². The van der Waals surface area contributed by atoms with Crippen molar-refractivity contribution in [1.29, 1.82) is 0 Å². The summed E-state index contributed by atoms with van der Waals surface area (Å²) < 4.78 is 7.96. The van der Waals surface area contributed by atoms with Crippen LogP contribution < -0.4 is 0 Å². The summed E-state index contributed by atoms with van der Waals surface area (Å²) in [6, 6.07) is -0.182. The Morgan fingerprint density at radius 1 is 1.27 bits per heavy atom. The number of ether oxygens (including phenoxy) is 1. The van der Waals surface area contributed by atoms with E-state index in [1.165, 1.54) is 0 Å². The number of imidazole rings is 1. The smallest absolute Gasteiger partial charge is 0.245 e. The predicted octanol–water partition coefficient (Wildman–Crippen LogP) is 2.74. The predicted molar refractivity (Wildman–Crippen MR) is 84.8 cm³/mol. The van der Waals surface area contributed by atoms with Crippen molar-refractivity contribution in [2.45, 2.75) is 64.0 Å². The minimum Gasteiger partial charge on any atom is -0.375 e. The zero-order chi connectivity index (χ0) is 15.7. The Kier molecular flexibility index (Phi) is 4.26. The number of amides is 1. The molecule has 1 aromatic heterocycles. The first kappa shape index (κ1) is 15.5. The molecule has 2 saturated heterocycles. The summed E-state index contributed by atoms with van der Waals surface area (Å²) in [6.45, 7) is 8.71. The summed E-state index contributed by atoms with van der Waals surface area (Å²) in [7, 11) is 0. The van der Waals surface area contributed by atoms with Crippen molar-refractivity contribution in [3.8, 4) is 0 Å². The molecule has 3 rings (SSSR count). The minimum atomic E-state index is -0.182. The van der Waals surface area contributed by atoms with E-state index >= 15 is 0 Å². The Morgan fingerprint density at radius 3 is 2.59 bits per heavy atom. The number of carbonyl (C=O) groups is 1. The minimum absolute atomic E-state index is 0.0676.